The van der Waals surface area contributed by atoms with Crippen molar-refractivity contribution in [2.24, 2.45) is 23.2 Å². The van der Waals surface area contributed by atoms with Crippen LogP contribution < -0.4 is 10.6 Å². The SMILES string of the molecule is O=C(COC(=O)CCNC(=O)C12CC3CC(CC(C3)C1)C2)Nc1ccc(Cl)cn1. The zero-order chi connectivity index (χ0) is 20.4. The Morgan fingerprint density at radius 2 is 1.76 bits per heavy atom. The maximum atomic E-state index is 12.8. The van der Waals surface area contributed by atoms with Crippen molar-refractivity contribution in [2.45, 2.75) is 44.9 Å². The highest BCUT2D eigenvalue weighted by Crippen LogP contribution is 2.60. The molecular weight excluding hydrogens is 394 g/mol. The maximum absolute atomic E-state index is 12.8. The van der Waals surface area contributed by atoms with E-state index in [2.05, 4.69) is 15.6 Å². The van der Waals surface area contributed by atoms with Gasteiger partial charge in [-0.2, -0.15) is 0 Å². The van der Waals surface area contributed by atoms with Gasteiger partial charge in [0.05, 0.1) is 11.4 Å². The van der Waals surface area contributed by atoms with Crippen molar-refractivity contribution in [3.8, 4) is 0 Å². The van der Waals surface area contributed by atoms with Crippen molar-refractivity contribution in [3.05, 3.63) is 23.4 Å². The van der Waals surface area contributed by atoms with Crippen LogP contribution in [0.2, 0.25) is 5.02 Å². The summed E-state index contributed by atoms with van der Waals surface area (Å²) in [5, 5.41) is 5.92. The summed E-state index contributed by atoms with van der Waals surface area (Å²) < 4.78 is 4.97. The molecule has 4 bridgehead atoms. The molecule has 0 unspecified atom stereocenters. The number of amides is 2. The minimum absolute atomic E-state index is 0.0462. The highest BCUT2D eigenvalue weighted by atomic mass is 35.5. The molecule has 4 saturated carbocycles. The van der Waals surface area contributed by atoms with E-state index in [-0.39, 0.29) is 24.3 Å². The van der Waals surface area contributed by atoms with Gasteiger partial charge in [0, 0.05) is 18.2 Å². The number of rotatable bonds is 7. The summed E-state index contributed by atoms with van der Waals surface area (Å²) in [5.41, 5.74) is -0.218. The Bertz CT molecular complexity index is 760. The van der Waals surface area contributed by atoms with E-state index in [1.807, 2.05) is 0 Å². The molecule has 8 heteroatoms. The van der Waals surface area contributed by atoms with Crippen LogP contribution in [0.15, 0.2) is 18.3 Å². The van der Waals surface area contributed by atoms with E-state index in [4.69, 9.17) is 16.3 Å². The highest BCUT2D eigenvalue weighted by molar-refractivity contribution is 6.30. The number of hydrogen-bond donors (Lipinski definition) is 2. The fourth-order valence-electron chi connectivity index (χ4n) is 5.70. The van der Waals surface area contributed by atoms with E-state index in [1.54, 1.807) is 12.1 Å². The van der Waals surface area contributed by atoms with E-state index in [1.165, 1.54) is 25.5 Å². The average Bonchev–Trinajstić information content (AvgIpc) is 2.67. The Hall–Kier alpha value is -2.15. The first-order valence-electron chi connectivity index (χ1n) is 10.3. The van der Waals surface area contributed by atoms with Gasteiger partial charge in [0.1, 0.15) is 5.82 Å². The molecule has 2 N–H and O–H groups in total. The van der Waals surface area contributed by atoms with E-state index in [9.17, 15) is 14.4 Å². The van der Waals surface area contributed by atoms with Crippen LogP contribution in [0.4, 0.5) is 5.82 Å². The van der Waals surface area contributed by atoms with Gasteiger partial charge in [-0.25, -0.2) is 4.98 Å². The van der Waals surface area contributed by atoms with Crippen LogP contribution in [-0.2, 0) is 19.1 Å². The highest BCUT2D eigenvalue weighted by Gasteiger charge is 2.54. The molecule has 5 rings (SSSR count). The number of ether oxygens (including phenoxy) is 1. The second kappa shape index (κ2) is 8.30. The predicted molar refractivity (Wildman–Crippen MR) is 107 cm³/mol. The molecule has 0 aliphatic heterocycles. The van der Waals surface area contributed by atoms with Crippen molar-refractivity contribution in [1.82, 2.24) is 10.3 Å². The van der Waals surface area contributed by atoms with Crippen molar-refractivity contribution < 1.29 is 19.1 Å². The monoisotopic (exact) mass is 419 g/mol. The van der Waals surface area contributed by atoms with Gasteiger partial charge >= 0.3 is 5.97 Å². The molecule has 2 amide bonds. The summed E-state index contributed by atoms with van der Waals surface area (Å²) in [5.74, 6) is 1.52. The summed E-state index contributed by atoms with van der Waals surface area (Å²) in [7, 11) is 0. The number of hydrogen-bond acceptors (Lipinski definition) is 5. The van der Waals surface area contributed by atoms with Gasteiger partial charge in [-0.05, 0) is 68.4 Å². The second-order valence-electron chi connectivity index (χ2n) is 8.77. The summed E-state index contributed by atoms with van der Waals surface area (Å²) >= 11 is 5.73. The number of esters is 1. The van der Waals surface area contributed by atoms with Crippen LogP contribution in [0, 0.1) is 23.2 Å². The Morgan fingerprint density at radius 1 is 1.10 bits per heavy atom. The lowest BCUT2D eigenvalue weighted by Crippen LogP contribution is -2.53. The summed E-state index contributed by atoms with van der Waals surface area (Å²) in [4.78, 5) is 40.5. The van der Waals surface area contributed by atoms with Gasteiger partial charge in [0.25, 0.3) is 5.91 Å². The largest absolute Gasteiger partial charge is 0.456 e. The van der Waals surface area contributed by atoms with Gasteiger partial charge in [-0.15, -0.1) is 0 Å². The van der Waals surface area contributed by atoms with Crippen LogP contribution in [-0.4, -0.2) is 35.9 Å². The second-order valence-corrected chi connectivity index (χ2v) is 9.21. The molecule has 1 aromatic heterocycles. The standard InChI is InChI=1S/C21H26ClN3O4/c22-16-1-2-17(24-11-16)25-18(26)12-29-19(27)3-4-23-20(28)21-8-13-5-14(9-21)7-15(6-13)10-21/h1-2,11,13-15H,3-10,12H2,(H,23,28)(H,24,25,26). The average molecular weight is 420 g/mol. The molecule has 4 aliphatic carbocycles. The third-order valence-corrected chi connectivity index (χ3v) is 6.72. The Labute approximate surface area is 174 Å². The van der Waals surface area contributed by atoms with Crippen LogP contribution >= 0.6 is 11.6 Å². The number of carbonyl (C=O) groups is 3. The fourth-order valence-corrected chi connectivity index (χ4v) is 5.81. The minimum atomic E-state index is -0.518. The summed E-state index contributed by atoms with van der Waals surface area (Å²) in [6.45, 7) is -0.161. The van der Waals surface area contributed by atoms with Gasteiger partial charge in [-0.3, -0.25) is 14.4 Å². The van der Waals surface area contributed by atoms with Crippen molar-refractivity contribution in [2.75, 3.05) is 18.5 Å². The fraction of sp³-hybridized carbons (Fsp3) is 0.619. The summed E-state index contributed by atoms with van der Waals surface area (Å²) in [6.07, 6.45) is 8.29. The molecule has 7 nitrogen and oxygen atoms in total. The zero-order valence-electron chi connectivity index (χ0n) is 16.3. The molecular formula is C21H26ClN3O4. The molecule has 0 radical (unpaired) electrons. The number of aromatic nitrogens is 1. The van der Waals surface area contributed by atoms with Crippen molar-refractivity contribution >= 4 is 35.2 Å². The lowest BCUT2D eigenvalue weighted by molar-refractivity contribution is -0.148. The van der Waals surface area contributed by atoms with Crippen LogP contribution in [0.25, 0.3) is 0 Å². The molecule has 1 heterocycles. The van der Waals surface area contributed by atoms with Crippen molar-refractivity contribution in [1.29, 1.82) is 0 Å². The number of carbonyl (C=O) groups excluding carboxylic acids is 3. The molecule has 4 fully saturated rings. The summed E-state index contributed by atoms with van der Waals surface area (Å²) in [6, 6.07) is 3.16. The first-order chi connectivity index (χ1) is 13.9. The van der Waals surface area contributed by atoms with Crippen LogP contribution in [0.5, 0.6) is 0 Å². The molecule has 0 aromatic carbocycles. The van der Waals surface area contributed by atoms with Crippen LogP contribution in [0.3, 0.4) is 0 Å². The number of pyridine rings is 1. The van der Waals surface area contributed by atoms with E-state index >= 15 is 0 Å². The van der Waals surface area contributed by atoms with Crippen LogP contribution in [0.1, 0.15) is 44.9 Å². The first-order valence-corrected chi connectivity index (χ1v) is 10.6. The van der Waals surface area contributed by atoms with Crippen molar-refractivity contribution in [3.63, 3.8) is 0 Å². The predicted octanol–water partition coefficient (Wildman–Crippen LogP) is 2.94. The molecule has 29 heavy (non-hydrogen) atoms. The third kappa shape index (κ3) is 4.71. The topological polar surface area (TPSA) is 97.4 Å². The number of nitrogens with zero attached hydrogens (tertiary/aromatic N) is 1. The molecule has 156 valence electrons. The molecule has 0 spiro atoms. The minimum Gasteiger partial charge on any atom is -0.456 e. The van der Waals surface area contributed by atoms with Gasteiger partial charge in [-0.1, -0.05) is 11.6 Å². The van der Waals surface area contributed by atoms with E-state index in [0.717, 1.165) is 19.3 Å². The number of nitrogens with one attached hydrogen (secondary N) is 2. The Morgan fingerprint density at radius 3 is 2.34 bits per heavy atom. The lowest BCUT2D eigenvalue weighted by atomic mass is 9.49. The molecule has 0 atom stereocenters. The number of anilines is 1. The number of halogens is 1. The molecule has 4 aliphatic rings. The normalized spacial score (nSPS) is 29.3. The zero-order valence-corrected chi connectivity index (χ0v) is 17.0. The smallest absolute Gasteiger partial charge is 0.308 e. The lowest BCUT2D eigenvalue weighted by Gasteiger charge is -2.55. The van der Waals surface area contributed by atoms with Gasteiger partial charge < -0.3 is 15.4 Å². The Kier molecular flexibility index (Phi) is 5.76. The first kappa shape index (κ1) is 20.1. The van der Waals surface area contributed by atoms with E-state index < -0.39 is 18.5 Å². The third-order valence-electron chi connectivity index (χ3n) is 6.49. The van der Waals surface area contributed by atoms with Gasteiger partial charge in [0.15, 0.2) is 6.61 Å². The molecule has 1 aromatic rings. The van der Waals surface area contributed by atoms with E-state index in [0.29, 0.717) is 28.6 Å². The maximum Gasteiger partial charge on any atom is 0.308 e. The Balaban J connectivity index is 1.16. The molecule has 0 saturated heterocycles. The van der Waals surface area contributed by atoms with Gasteiger partial charge in [0.2, 0.25) is 5.91 Å². The quantitative estimate of drug-likeness (QED) is 0.662.